The number of halogens is 2. The van der Waals surface area contributed by atoms with E-state index in [2.05, 4.69) is 9.88 Å². The number of rotatable bonds is 3. The summed E-state index contributed by atoms with van der Waals surface area (Å²) in [5.74, 6) is -0.623. The predicted molar refractivity (Wildman–Crippen MR) is 124 cm³/mol. The quantitative estimate of drug-likeness (QED) is 0.452. The first-order valence-electron chi connectivity index (χ1n) is 10.1. The van der Waals surface area contributed by atoms with Gasteiger partial charge in [-0.05, 0) is 30.3 Å². The van der Waals surface area contributed by atoms with Crippen LogP contribution in [0, 0.1) is 5.82 Å². The van der Waals surface area contributed by atoms with E-state index in [1.54, 1.807) is 23.1 Å². The van der Waals surface area contributed by atoms with Gasteiger partial charge in [-0.2, -0.15) is 0 Å². The van der Waals surface area contributed by atoms with Crippen LogP contribution in [0.25, 0.3) is 16.2 Å². The van der Waals surface area contributed by atoms with Crippen LogP contribution in [-0.4, -0.2) is 46.4 Å². The zero-order valence-electron chi connectivity index (χ0n) is 16.9. The number of aromatic nitrogens is 2. The van der Waals surface area contributed by atoms with E-state index in [1.807, 2.05) is 23.6 Å². The molecule has 5 rings (SSSR count). The molecular weight excluding hydrogens is 451 g/mol. The molecule has 2 aromatic heterocycles. The lowest BCUT2D eigenvalue weighted by Crippen LogP contribution is -2.49. The highest BCUT2D eigenvalue weighted by atomic mass is 35.5. The number of nitrogens with zero attached hydrogens (tertiary/aromatic N) is 4. The maximum atomic E-state index is 13.3. The van der Waals surface area contributed by atoms with E-state index >= 15 is 0 Å². The number of hydrogen-bond donors (Lipinski definition) is 0. The fourth-order valence-corrected chi connectivity index (χ4v) is 4.97. The topological polar surface area (TPSA) is 57.9 Å². The van der Waals surface area contributed by atoms with Crippen LogP contribution in [0.1, 0.15) is 10.4 Å². The molecule has 9 heteroatoms. The summed E-state index contributed by atoms with van der Waals surface area (Å²) in [6, 6.07) is 13.6. The van der Waals surface area contributed by atoms with Gasteiger partial charge in [-0.1, -0.05) is 29.8 Å². The first-order valence-corrected chi connectivity index (χ1v) is 11.3. The molecule has 1 aliphatic heterocycles. The number of benzene rings is 2. The fraction of sp³-hybridized carbons (Fsp3) is 0.174. The van der Waals surface area contributed by atoms with Crippen molar-refractivity contribution < 1.29 is 9.18 Å². The first kappa shape index (κ1) is 20.7. The number of piperazine rings is 1. The van der Waals surface area contributed by atoms with E-state index in [4.69, 9.17) is 11.6 Å². The molecule has 32 heavy (non-hydrogen) atoms. The largest absolute Gasteiger partial charge is 0.368 e. The Kier molecular flexibility index (Phi) is 5.40. The molecule has 4 aromatic rings. The van der Waals surface area contributed by atoms with E-state index in [-0.39, 0.29) is 17.3 Å². The Labute approximate surface area is 192 Å². The molecule has 0 N–H and O–H groups in total. The highest BCUT2D eigenvalue weighted by Gasteiger charge is 2.26. The predicted octanol–water partition coefficient (Wildman–Crippen LogP) is 4.18. The van der Waals surface area contributed by atoms with Crippen molar-refractivity contribution in [3.05, 3.63) is 86.9 Å². The minimum atomic E-state index is -0.405. The smallest absolute Gasteiger partial charge is 0.271 e. The van der Waals surface area contributed by atoms with E-state index < -0.39 is 5.56 Å². The van der Waals surface area contributed by atoms with E-state index in [9.17, 15) is 14.0 Å². The molecule has 0 unspecified atom stereocenters. The number of amides is 1. The minimum absolute atomic E-state index is 0.0319. The molecule has 1 amide bonds. The van der Waals surface area contributed by atoms with Crippen LogP contribution in [0.3, 0.4) is 0 Å². The molecule has 1 saturated heterocycles. The van der Waals surface area contributed by atoms with Gasteiger partial charge < -0.3 is 9.80 Å². The maximum Gasteiger partial charge on any atom is 0.271 e. The zero-order chi connectivity index (χ0) is 22.2. The molecule has 0 aliphatic carbocycles. The molecular formula is C23H18ClFN4O2S. The van der Waals surface area contributed by atoms with Crippen LogP contribution < -0.4 is 10.5 Å². The third-order valence-electron chi connectivity index (χ3n) is 5.58. The number of carbonyl (C=O) groups is 1. The number of fused-ring (bicyclic) bond motifs is 1. The van der Waals surface area contributed by atoms with Crippen LogP contribution in [-0.2, 0) is 0 Å². The Morgan fingerprint density at radius 1 is 1.03 bits per heavy atom. The maximum absolute atomic E-state index is 13.3. The molecule has 3 heterocycles. The lowest BCUT2D eigenvalue weighted by Gasteiger charge is -2.36. The lowest BCUT2D eigenvalue weighted by molar-refractivity contribution is 0.0744. The van der Waals surface area contributed by atoms with Gasteiger partial charge in [-0.25, -0.2) is 9.37 Å². The Morgan fingerprint density at radius 2 is 1.75 bits per heavy atom. The summed E-state index contributed by atoms with van der Waals surface area (Å²) in [5, 5.41) is 2.34. The number of hydrogen-bond acceptors (Lipinski definition) is 5. The summed E-state index contributed by atoms with van der Waals surface area (Å²) in [5.41, 5.74) is 1.86. The van der Waals surface area contributed by atoms with Crippen molar-refractivity contribution >= 4 is 39.5 Å². The van der Waals surface area contributed by atoms with Crippen molar-refractivity contribution in [1.82, 2.24) is 14.3 Å². The molecule has 1 aliphatic rings. The second-order valence-electron chi connectivity index (χ2n) is 7.45. The molecule has 162 valence electrons. The minimum Gasteiger partial charge on any atom is -0.368 e. The molecule has 0 radical (unpaired) electrons. The first-order chi connectivity index (χ1) is 15.5. The molecule has 0 saturated carbocycles. The van der Waals surface area contributed by atoms with Crippen LogP contribution in [0.4, 0.5) is 10.1 Å². The Hall–Kier alpha value is -3.23. The summed E-state index contributed by atoms with van der Waals surface area (Å²) in [4.78, 5) is 35.1. The van der Waals surface area contributed by atoms with Gasteiger partial charge in [0, 0.05) is 54.0 Å². The van der Waals surface area contributed by atoms with Crippen molar-refractivity contribution in [2.45, 2.75) is 0 Å². The number of anilines is 1. The van der Waals surface area contributed by atoms with E-state index in [0.717, 1.165) is 5.69 Å². The molecule has 0 bridgehead atoms. The van der Waals surface area contributed by atoms with Gasteiger partial charge in [0.05, 0.1) is 5.69 Å². The molecule has 0 atom stereocenters. The average molecular weight is 469 g/mol. The van der Waals surface area contributed by atoms with Crippen LogP contribution in [0.15, 0.2) is 64.9 Å². The van der Waals surface area contributed by atoms with Crippen LogP contribution in [0.5, 0.6) is 0 Å². The van der Waals surface area contributed by atoms with Gasteiger partial charge in [0.25, 0.3) is 11.5 Å². The average Bonchev–Trinajstić information content (AvgIpc) is 3.25. The SMILES string of the molecule is O=C(c1cnc2scc(-c3ccccc3Cl)n2c1=O)N1CCN(c2ccc(F)cc2)CC1. The number of thiazole rings is 1. The van der Waals surface area contributed by atoms with Crippen molar-refractivity contribution in [2.75, 3.05) is 31.1 Å². The number of carbonyl (C=O) groups excluding carboxylic acids is 1. The van der Waals surface area contributed by atoms with Crippen molar-refractivity contribution in [2.24, 2.45) is 0 Å². The standard InChI is InChI=1S/C23H18ClFN4O2S/c24-19-4-2-1-3-17(19)20-14-32-23-26-13-18(22(31)29(20)23)21(30)28-11-9-27(10-12-28)16-7-5-15(25)6-8-16/h1-8,13-14H,9-12H2. The van der Waals surface area contributed by atoms with Gasteiger partial charge in [0.15, 0.2) is 4.96 Å². The summed E-state index contributed by atoms with van der Waals surface area (Å²) in [6.45, 7) is 2.11. The highest BCUT2D eigenvalue weighted by molar-refractivity contribution is 7.15. The lowest BCUT2D eigenvalue weighted by atomic mass is 10.1. The monoisotopic (exact) mass is 468 g/mol. The highest BCUT2D eigenvalue weighted by Crippen LogP contribution is 2.30. The van der Waals surface area contributed by atoms with Gasteiger partial charge in [0.1, 0.15) is 11.4 Å². The van der Waals surface area contributed by atoms with Crippen LogP contribution >= 0.6 is 22.9 Å². The second kappa shape index (κ2) is 8.37. The Morgan fingerprint density at radius 3 is 2.47 bits per heavy atom. The van der Waals surface area contributed by atoms with Gasteiger partial charge in [-0.3, -0.25) is 14.0 Å². The van der Waals surface area contributed by atoms with Crippen molar-refractivity contribution in [1.29, 1.82) is 0 Å². The molecule has 1 fully saturated rings. The Balaban J connectivity index is 1.42. The second-order valence-corrected chi connectivity index (χ2v) is 8.70. The summed E-state index contributed by atoms with van der Waals surface area (Å²) >= 11 is 7.66. The summed E-state index contributed by atoms with van der Waals surface area (Å²) < 4.78 is 14.6. The normalized spacial score (nSPS) is 14.2. The van der Waals surface area contributed by atoms with Gasteiger partial charge in [0.2, 0.25) is 0 Å². The third-order valence-corrected chi connectivity index (χ3v) is 6.75. The molecule has 0 spiro atoms. The summed E-state index contributed by atoms with van der Waals surface area (Å²) in [6.07, 6.45) is 1.36. The van der Waals surface area contributed by atoms with Crippen LogP contribution in [0.2, 0.25) is 5.02 Å². The fourth-order valence-electron chi connectivity index (χ4n) is 3.89. The molecule has 6 nitrogen and oxygen atoms in total. The molecule has 2 aromatic carbocycles. The summed E-state index contributed by atoms with van der Waals surface area (Å²) in [7, 11) is 0. The van der Waals surface area contributed by atoms with E-state index in [1.165, 1.54) is 34.1 Å². The van der Waals surface area contributed by atoms with E-state index in [0.29, 0.717) is 47.4 Å². The third kappa shape index (κ3) is 3.65. The van der Waals surface area contributed by atoms with Crippen molar-refractivity contribution in [3.8, 4) is 11.3 Å². The van der Waals surface area contributed by atoms with Gasteiger partial charge >= 0.3 is 0 Å². The van der Waals surface area contributed by atoms with Crippen molar-refractivity contribution in [3.63, 3.8) is 0 Å². The zero-order valence-corrected chi connectivity index (χ0v) is 18.4. The van der Waals surface area contributed by atoms with Gasteiger partial charge in [-0.15, -0.1) is 11.3 Å². The Bertz CT molecular complexity index is 1360.